The number of hydroxylamine groups is 1. The normalized spacial score (nSPS) is 13.8. The smallest absolute Gasteiger partial charge is 0.156 e. The van der Waals surface area contributed by atoms with Crippen LogP contribution in [0.15, 0.2) is 65.6 Å². The Labute approximate surface area is 213 Å². The maximum absolute atomic E-state index is 14.4. The average Bonchev–Trinajstić information content (AvgIpc) is 3.32. The van der Waals surface area contributed by atoms with Gasteiger partial charge in [-0.3, -0.25) is 0 Å². The first kappa shape index (κ1) is 25.8. The lowest BCUT2D eigenvalue weighted by Gasteiger charge is -2.29. The molecule has 0 aliphatic rings. The van der Waals surface area contributed by atoms with Gasteiger partial charge in [0.1, 0.15) is 11.6 Å². The highest BCUT2D eigenvalue weighted by Crippen LogP contribution is 2.36. The van der Waals surface area contributed by atoms with Crippen LogP contribution in [0.1, 0.15) is 18.8 Å². The van der Waals surface area contributed by atoms with Crippen molar-refractivity contribution in [1.82, 2.24) is 9.71 Å². The second-order valence-electron chi connectivity index (χ2n) is 7.96. The molecule has 4 N–H and O–H groups in total. The average molecular weight is 532 g/mol. The predicted molar refractivity (Wildman–Crippen MR) is 144 cm³/mol. The van der Waals surface area contributed by atoms with Crippen molar-refractivity contribution in [3.8, 4) is 5.75 Å². The van der Waals surface area contributed by atoms with Gasteiger partial charge < -0.3 is 30.4 Å². The van der Waals surface area contributed by atoms with Gasteiger partial charge in [-0.2, -0.15) is 0 Å². The number of nitrogens with zero attached hydrogens (tertiary/aromatic N) is 1. The molecule has 190 valence electrons. The Morgan fingerprint density at radius 1 is 1.19 bits per heavy atom. The second kappa shape index (κ2) is 10.4. The van der Waals surface area contributed by atoms with E-state index in [1.165, 1.54) is 25.3 Å². The maximum Gasteiger partial charge on any atom is 0.156 e. The van der Waals surface area contributed by atoms with Crippen molar-refractivity contribution in [1.29, 1.82) is 0 Å². The van der Waals surface area contributed by atoms with E-state index in [0.717, 1.165) is 5.06 Å². The van der Waals surface area contributed by atoms with Gasteiger partial charge in [0.05, 0.1) is 39.4 Å². The van der Waals surface area contributed by atoms with E-state index >= 15 is 0 Å². The third-order valence-corrected chi connectivity index (χ3v) is 7.46. The van der Waals surface area contributed by atoms with Gasteiger partial charge in [0.2, 0.25) is 0 Å². The molecule has 11 heteroatoms. The number of aliphatic hydroxyl groups is 1. The summed E-state index contributed by atoms with van der Waals surface area (Å²) in [4.78, 5) is 3.41. The fourth-order valence-corrected chi connectivity index (χ4v) is 5.08. The first-order valence-electron chi connectivity index (χ1n) is 10.9. The number of benzene rings is 3. The van der Waals surface area contributed by atoms with Gasteiger partial charge in [-0.1, -0.05) is 11.6 Å². The molecule has 3 aromatic carbocycles. The highest BCUT2D eigenvalue weighted by atomic mass is 35.5. The molecule has 0 radical (unpaired) electrons. The molecule has 8 nitrogen and oxygen atoms in total. The third kappa shape index (κ3) is 5.28. The van der Waals surface area contributed by atoms with Crippen molar-refractivity contribution in [3.63, 3.8) is 0 Å². The molecule has 1 heterocycles. The quantitative estimate of drug-likeness (QED) is 0.132. The summed E-state index contributed by atoms with van der Waals surface area (Å²) in [5.41, 5.74) is 1.59. The number of anilines is 3. The summed E-state index contributed by atoms with van der Waals surface area (Å²) in [6.07, 6.45) is -1.42. The van der Waals surface area contributed by atoms with Crippen molar-refractivity contribution in [2.75, 3.05) is 24.0 Å². The van der Waals surface area contributed by atoms with Gasteiger partial charge in [0, 0.05) is 27.5 Å². The molecule has 0 aliphatic carbocycles. The summed E-state index contributed by atoms with van der Waals surface area (Å²) >= 11 is 6.02. The molecule has 2 unspecified atom stereocenters. The number of ether oxygens (including phenoxy) is 1. The Kier molecular flexibility index (Phi) is 7.43. The Bertz CT molecular complexity index is 1490. The summed E-state index contributed by atoms with van der Waals surface area (Å²) in [6, 6.07) is 15.4. The van der Waals surface area contributed by atoms with E-state index < -0.39 is 21.8 Å². The van der Waals surface area contributed by atoms with Crippen molar-refractivity contribution in [2.24, 2.45) is 0 Å². The zero-order chi connectivity index (χ0) is 26.0. The van der Waals surface area contributed by atoms with Crippen molar-refractivity contribution < 1.29 is 18.4 Å². The summed E-state index contributed by atoms with van der Waals surface area (Å²) < 4.78 is 35.4. The lowest BCUT2D eigenvalue weighted by Crippen LogP contribution is -2.28. The van der Waals surface area contributed by atoms with Crippen LogP contribution in [-0.4, -0.2) is 33.8 Å². The zero-order valence-corrected chi connectivity index (χ0v) is 21.1. The first-order valence-corrected chi connectivity index (χ1v) is 13.0. The van der Waals surface area contributed by atoms with Gasteiger partial charge >= 0.3 is 0 Å². The number of halogens is 2. The molecule has 0 fully saturated rings. The molecule has 36 heavy (non-hydrogen) atoms. The maximum atomic E-state index is 14.4. The second-order valence-corrected chi connectivity index (χ2v) is 10.5. The Morgan fingerprint density at radius 2 is 1.92 bits per heavy atom. The summed E-state index contributed by atoms with van der Waals surface area (Å²) in [7, 11) is -1.58. The van der Waals surface area contributed by atoms with Crippen LogP contribution in [0.3, 0.4) is 0 Å². The fourth-order valence-electron chi connectivity index (χ4n) is 3.71. The number of H-pyrrole nitrogens is 1. The van der Waals surface area contributed by atoms with Crippen LogP contribution in [0.2, 0.25) is 5.02 Å². The first-order chi connectivity index (χ1) is 17.1. The van der Waals surface area contributed by atoms with Crippen LogP contribution in [-0.2, 0) is 9.71 Å². The van der Waals surface area contributed by atoms with E-state index in [9.17, 15) is 18.9 Å². The molecular weight excluding hydrogens is 507 g/mol. The van der Waals surface area contributed by atoms with Crippen LogP contribution in [0.25, 0.3) is 10.9 Å². The van der Waals surface area contributed by atoms with Crippen LogP contribution < -0.4 is 19.8 Å². The van der Waals surface area contributed by atoms with Crippen LogP contribution in [0, 0.1) is 11.0 Å². The standard InChI is InChI=1S/C25H25ClFN4O4S/c1-4-31(33)23-12-11-20(28-21-13-15(26)5-10-19(21)27)18-14-22(29-24(18)23)25(32)30-36(3,34)17-8-6-16(35-2)7-9-17/h5-14,25,28-29,32H,3-4H2,1-2H3,(H,30,34)/q-1. The van der Waals surface area contributed by atoms with Crippen molar-refractivity contribution in [3.05, 3.63) is 82.4 Å². The molecule has 4 rings (SSSR count). The predicted octanol–water partition coefficient (Wildman–Crippen LogP) is 5.31. The van der Waals surface area contributed by atoms with Gasteiger partial charge in [-0.25, -0.2) is 13.3 Å². The molecular formula is C25H25ClFN4O4S-. The van der Waals surface area contributed by atoms with E-state index in [1.807, 2.05) is 0 Å². The van der Waals surface area contributed by atoms with Crippen LogP contribution in [0.4, 0.5) is 21.5 Å². The van der Waals surface area contributed by atoms with Gasteiger partial charge in [0.15, 0.2) is 6.23 Å². The molecule has 0 saturated heterocycles. The SMILES string of the molecule is C=S(=O)(NC(O)c1cc2c(Nc3cc(Cl)ccc3F)ccc(N([O-])CC)c2[nH]1)c1ccc(OC)cc1. The highest BCUT2D eigenvalue weighted by Gasteiger charge is 2.20. The number of methoxy groups -OCH3 is 1. The monoisotopic (exact) mass is 531 g/mol. The summed E-state index contributed by atoms with van der Waals surface area (Å²) in [5, 5.41) is 28.0. The molecule has 2 atom stereocenters. The van der Waals surface area contributed by atoms with Gasteiger partial charge in [0.25, 0.3) is 0 Å². The molecule has 0 spiro atoms. The van der Waals surface area contributed by atoms with Crippen LogP contribution in [0.5, 0.6) is 5.75 Å². The van der Waals surface area contributed by atoms with E-state index in [1.54, 1.807) is 49.4 Å². The highest BCUT2D eigenvalue weighted by molar-refractivity contribution is 7.98. The number of aromatic amines is 1. The van der Waals surface area contributed by atoms with Crippen LogP contribution >= 0.6 is 11.6 Å². The third-order valence-electron chi connectivity index (χ3n) is 5.58. The molecule has 0 bridgehead atoms. The minimum absolute atomic E-state index is 0.146. The number of hydrogen-bond acceptors (Lipinski definition) is 6. The summed E-state index contributed by atoms with van der Waals surface area (Å²) in [5.74, 6) is 3.82. The van der Waals surface area contributed by atoms with Gasteiger partial charge in [-0.15, -0.1) is 0 Å². The topological polar surface area (TPSA) is 113 Å². The fraction of sp³-hybridized carbons (Fsp3) is 0.160. The minimum Gasteiger partial charge on any atom is -0.758 e. The Morgan fingerprint density at radius 3 is 2.58 bits per heavy atom. The van der Waals surface area contributed by atoms with E-state index in [2.05, 4.69) is 20.9 Å². The van der Waals surface area contributed by atoms with Gasteiger partial charge in [-0.05, 0) is 73.5 Å². The Hall–Kier alpha value is -3.28. The number of nitrogens with one attached hydrogen (secondary N) is 3. The van der Waals surface area contributed by atoms with Crippen molar-refractivity contribution in [2.45, 2.75) is 18.0 Å². The largest absolute Gasteiger partial charge is 0.758 e. The Balaban J connectivity index is 1.72. The number of rotatable bonds is 9. The van der Waals surface area contributed by atoms with E-state index in [-0.39, 0.29) is 17.9 Å². The molecule has 0 aliphatic heterocycles. The minimum atomic E-state index is -3.10. The van der Waals surface area contributed by atoms with Crippen molar-refractivity contribution >= 4 is 55.1 Å². The van der Waals surface area contributed by atoms with E-state index in [4.69, 9.17) is 16.3 Å². The molecule has 4 aromatic rings. The molecule has 0 amide bonds. The zero-order valence-electron chi connectivity index (χ0n) is 19.5. The number of aromatic nitrogens is 1. The number of aliphatic hydroxyl groups excluding tert-OH is 1. The number of hydrogen-bond donors (Lipinski definition) is 4. The molecule has 0 saturated carbocycles. The molecule has 1 aromatic heterocycles. The lowest BCUT2D eigenvalue weighted by atomic mass is 10.1. The lowest BCUT2D eigenvalue weighted by molar-refractivity contribution is 0.164. The van der Waals surface area contributed by atoms with E-state index in [0.29, 0.717) is 37.9 Å². The number of fused-ring (bicyclic) bond motifs is 1. The summed E-state index contributed by atoms with van der Waals surface area (Å²) in [6.45, 7) is 1.89.